The highest BCUT2D eigenvalue weighted by molar-refractivity contribution is 5.78. The third-order valence-corrected chi connectivity index (χ3v) is 1.78. The molecule has 0 fully saturated rings. The maximum Gasteiger partial charge on any atom is 0.222 e. The molecule has 0 rings (SSSR count). The highest BCUT2D eigenvalue weighted by atomic mass is 16.2. The molecule has 0 atom stereocenters. The van der Waals surface area contributed by atoms with Gasteiger partial charge in [0.15, 0.2) is 0 Å². The maximum absolute atomic E-state index is 11.1. The van der Waals surface area contributed by atoms with Gasteiger partial charge in [0.1, 0.15) is 0 Å². The molecular formula is C10H20N2O2. The molecular weight excluding hydrogens is 180 g/mol. The van der Waals surface area contributed by atoms with Gasteiger partial charge in [0.25, 0.3) is 0 Å². The molecule has 0 saturated heterocycles. The van der Waals surface area contributed by atoms with Crippen LogP contribution in [0.5, 0.6) is 0 Å². The molecule has 0 aliphatic heterocycles. The SMILES string of the molecule is CCNC(=O)CCCNC(=O)C(C)C. The highest BCUT2D eigenvalue weighted by Gasteiger charge is 2.05. The second kappa shape index (κ2) is 7.35. The van der Waals surface area contributed by atoms with Crippen molar-refractivity contribution in [2.45, 2.75) is 33.6 Å². The van der Waals surface area contributed by atoms with Gasteiger partial charge >= 0.3 is 0 Å². The number of hydrogen-bond acceptors (Lipinski definition) is 2. The van der Waals surface area contributed by atoms with E-state index in [-0.39, 0.29) is 17.7 Å². The second-order valence-electron chi connectivity index (χ2n) is 3.50. The van der Waals surface area contributed by atoms with Crippen molar-refractivity contribution in [1.82, 2.24) is 10.6 Å². The summed E-state index contributed by atoms with van der Waals surface area (Å²) in [7, 11) is 0. The molecule has 0 aromatic heterocycles. The van der Waals surface area contributed by atoms with Crippen molar-refractivity contribution < 1.29 is 9.59 Å². The Labute approximate surface area is 85.4 Å². The Kier molecular flexibility index (Phi) is 6.80. The van der Waals surface area contributed by atoms with Crippen LogP contribution in [0.2, 0.25) is 0 Å². The molecule has 14 heavy (non-hydrogen) atoms. The lowest BCUT2D eigenvalue weighted by molar-refractivity contribution is -0.124. The van der Waals surface area contributed by atoms with Crippen molar-refractivity contribution in [2.75, 3.05) is 13.1 Å². The first-order chi connectivity index (χ1) is 6.57. The zero-order valence-corrected chi connectivity index (χ0v) is 9.22. The van der Waals surface area contributed by atoms with E-state index in [0.717, 1.165) is 0 Å². The van der Waals surface area contributed by atoms with E-state index < -0.39 is 0 Å². The Morgan fingerprint density at radius 2 is 1.86 bits per heavy atom. The van der Waals surface area contributed by atoms with Gasteiger partial charge in [-0.05, 0) is 13.3 Å². The number of carbonyl (C=O) groups excluding carboxylic acids is 2. The molecule has 0 saturated carbocycles. The average molecular weight is 200 g/mol. The van der Waals surface area contributed by atoms with Gasteiger partial charge < -0.3 is 10.6 Å². The van der Waals surface area contributed by atoms with Gasteiger partial charge in [0.2, 0.25) is 11.8 Å². The third-order valence-electron chi connectivity index (χ3n) is 1.78. The number of nitrogens with one attached hydrogen (secondary N) is 2. The summed E-state index contributed by atoms with van der Waals surface area (Å²) in [6.07, 6.45) is 1.18. The normalized spacial score (nSPS) is 10.0. The van der Waals surface area contributed by atoms with E-state index >= 15 is 0 Å². The molecule has 0 aromatic carbocycles. The summed E-state index contributed by atoms with van der Waals surface area (Å²) in [5.41, 5.74) is 0. The molecule has 0 aliphatic rings. The fraction of sp³-hybridized carbons (Fsp3) is 0.800. The van der Waals surface area contributed by atoms with E-state index in [4.69, 9.17) is 0 Å². The van der Waals surface area contributed by atoms with E-state index in [1.165, 1.54) is 0 Å². The Morgan fingerprint density at radius 1 is 1.21 bits per heavy atom. The number of hydrogen-bond donors (Lipinski definition) is 2. The summed E-state index contributed by atoms with van der Waals surface area (Å²) in [4.78, 5) is 22.1. The average Bonchev–Trinajstić information content (AvgIpc) is 2.12. The van der Waals surface area contributed by atoms with Gasteiger partial charge in [0, 0.05) is 25.4 Å². The van der Waals surface area contributed by atoms with Crippen LogP contribution in [0.4, 0.5) is 0 Å². The molecule has 0 spiro atoms. The minimum atomic E-state index is 0.0134. The molecule has 2 N–H and O–H groups in total. The lowest BCUT2D eigenvalue weighted by Crippen LogP contribution is -2.30. The zero-order valence-electron chi connectivity index (χ0n) is 9.22. The summed E-state index contributed by atoms with van der Waals surface area (Å²) in [6, 6.07) is 0. The van der Waals surface area contributed by atoms with E-state index in [2.05, 4.69) is 10.6 Å². The Balaban J connectivity index is 3.38. The van der Waals surface area contributed by atoms with Gasteiger partial charge in [-0.15, -0.1) is 0 Å². The molecule has 0 radical (unpaired) electrons. The number of amides is 2. The van der Waals surface area contributed by atoms with Gasteiger partial charge in [-0.3, -0.25) is 9.59 Å². The molecule has 0 bridgehead atoms. The lowest BCUT2D eigenvalue weighted by atomic mass is 10.2. The summed E-state index contributed by atoms with van der Waals surface area (Å²) in [5, 5.41) is 5.47. The van der Waals surface area contributed by atoms with Crippen LogP contribution in [0.3, 0.4) is 0 Å². The smallest absolute Gasteiger partial charge is 0.222 e. The quantitative estimate of drug-likeness (QED) is 0.619. The first kappa shape index (κ1) is 12.9. The summed E-state index contributed by atoms with van der Waals surface area (Å²) in [6.45, 7) is 6.82. The summed E-state index contributed by atoms with van der Waals surface area (Å²) >= 11 is 0. The summed E-state index contributed by atoms with van der Waals surface area (Å²) < 4.78 is 0. The maximum atomic E-state index is 11.1. The van der Waals surface area contributed by atoms with E-state index in [0.29, 0.717) is 25.9 Å². The van der Waals surface area contributed by atoms with Crippen LogP contribution in [0.1, 0.15) is 33.6 Å². The van der Waals surface area contributed by atoms with Gasteiger partial charge in [-0.1, -0.05) is 13.8 Å². The minimum absolute atomic E-state index is 0.0134. The van der Waals surface area contributed by atoms with Crippen LogP contribution in [0, 0.1) is 5.92 Å². The van der Waals surface area contributed by atoms with Crippen molar-refractivity contribution in [1.29, 1.82) is 0 Å². The van der Waals surface area contributed by atoms with E-state index in [9.17, 15) is 9.59 Å². The summed E-state index contributed by atoms with van der Waals surface area (Å²) in [5.74, 6) is 0.103. The van der Waals surface area contributed by atoms with E-state index in [1.54, 1.807) is 0 Å². The van der Waals surface area contributed by atoms with Gasteiger partial charge in [0.05, 0.1) is 0 Å². The van der Waals surface area contributed by atoms with Crippen molar-refractivity contribution in [3.8, 4) is 0 Å². The molecule has 2 amide bonds. The standard InChI is InChI=1S/C10H20N2O2/c1-4-11-9(13)6-5-7-12-10(14)8(2)3/h8H,4-7H2,1-3H3,(H,11,13)(H,12,14). The Bertz CT molecular complexity index is 191. The monoisotopic (exact) mass is 200 g/mol. The fourth-order valence-electron chi connectivity index (χ4n) is 0.950. The van der Waals surface area contributed by atoms with Crippen LogP contribution < -0.4 is 10.6 Å². The van der Waals surface area contributed by atoms with Crippen LogP contribution in [-0.4, -0.2) is 24.9 Å². The van der Waals surface area contributed by atoms with Gasteiger partial charge in [-0.25, -0.2) is 0 Å². The van der Waals surface area contributed by atoms with Crippen LogP contribution in [0.25, 0.3) is 0 Å². The van der Waals surface area contributed by atoms with Crippen molar-refractivity contribution in [2.24, 2.45) is 5.92 Å². The second-order valence-corrected chi connectivity index (χ2v) is 3.50. The Morgan fingerprint density at radius 3 is 2.36 bits per heavy atom. The van der Waals surface area contributed by atoms with Crippen molar-refractivity contribution in [3.63, 3.8) is 0 Å². The van der Waals surface area contributed by atoms with Crippen LogP contribution >= 0.6 is 0 Å². The molecule has 0 aliphatic carbocycles. The predicted molar refractivity (Wildman–Crippen MR) is 55.8 cm³/mol. The minimum Gasteiger partial charge on any atom is -0.356 e. The molecule has 0 aromatic rings. The van der Waals surface area contributed by atoms with Crippen molar-refractivity contribution >= 4 is 11.8 Å². The van der Waals surface area contributed by atoms with Crippen LogP contribution in [-0.2, 0) is 9.59 Å². The van der Waals surface area contributed by atoms with E-state index in [1.807, 2.05) is 20.8 Å². The molecule has 4 nitrogen and oxygen atoms in total. The first-order valence-corrected chi connectivity index (χ1v) is 5.12. The Hall–Kier alpha value is -1.06. The predicted octanol–water partition coefficient (Wildman–Crippen LogP) is 0.675. The molecule has 0 unspecified atom stereocenters. The number of carbonyl (C=O) groups is 2. The third kappa shape index (κ3) is 6.46. The number of rotatable bonds is 6. The largest absolute Gasteiger partial charge is 0.356 e. The van der Waals surface area contributed by atoms with Crippen molar-refractivity contribution in [3.05, 3.63) is 0 Å². The topological polar surface area (TPSA) is 58.2 Å². The molecule has 0 heterocycles. The molecule has 82 valence electrons. The lowest BCUT2D eigenvalue weighted by Gasteiger charge is -2.07. The first-order valence-electron chi connectivity index (χ1n) is 5.12. The van der Waals surface area contributed by atoms with Crippen LogP contribution in [0.15, 0.2) is 0 Å². The zero-order chi connectivity index (χ0) is 11.0. The van der Waals surface area contributed by atoms with Gasteiger partial charge in [-0.2, -0.15) is 0 Å². The molecule has 4 heteroatoms. The highest BCUT2D eigenvalue weighted by Crippen LogP contribution is 1.92. The fourth-order valence-corrected chi connectivity index (χ4v) is 0.950.